The van der Waals surface area contributed by atoms with Gasteiger partial charge in [-0.05, 0) is 31.5 Å². The van der Waals surface area contributed by atoms with E-state index in [1.165, 1.54) is 18.9 Å². The minimum atomic E-state index is -3.10. The van der Waals surface area contributed by atoms with Gasteiger partial charge in [0.2, 0.25) is 0 Å². The van der Waals surface area contributed by atoms with Crippen molar-refractivity contribution >= 4 is 33.3 Å². The van der Waals surface area contributed by atoms with Gasteiger partial charge in [0.15, 0.2) is 22.5 Å². The second-order valence-corrected chi connectivity index (χ2v) is 8.55. The van der Waals surface area contributed by atoms with Crippen LogP contribution in [0.5, 0.6) is 5.75 Å². The van der Waals surface area contributed by atoms with E-state index >= 15 is 0 Å². The summed E-state index contributed by atoms with van der Waals surface area (Å²) in [7, 11) is -1.58. The van der Waals surface area contributed by atoms with Crippen molar-refractivity contribution in [2.75, 3.05) is 25.2 Å². The van der Waals surface area contributed by atoms with Crippen molar-refractivity contribution in [1.29, 1.82) is 0 Å². The second kappa shape index (κ2) is 8.05. The van der Waals surface area contributed by atoms with Gasteiger partial charge in [-0.3, -0.25) is 4.79 Å². The zero-order chi connectivity index (χ0) is 18.6. The fraction of sp³-hybridized carbons (Fsp3) is 0.500. The summed E-state index contributed by atoms with van der Waals surface area (Å²) < 4.78 is 33.3. The zero-order valence-electron chi connectivity index (χ0n) is 14.0. The van der Waals surface area contributed by atoms with Gasteiger partial charge in [0, 0.05) is 18.1 Å². The first kappa shape index (κ1) is 19.5. The number of benzene rings is 1. The number of rotatable bonds is 6. The van der Waals surface area contributed by atoms with Gasteiger partial charge in [0.1, 0.15) is 5.75 Å². The van der Waals surface area contributed by atoms with Gasteiger partial charge in [-0.25, -0.2) is 13.2 Å². The van der Waals surface area contributed by atoms with Crippen molar-refractivity contribution in [3.8, 4) is 5.75 Å². The van der Waals surface area contributed by atoms with Gasteiger partial charge >= 0.3 is 5.97 Å². The lowest BCUT2D eigenvalue weighted by Gasteiger charge is -2.26. The van der Waals surface area contributed by atoms with E-state index < -0.39 is 27.8 Å². The molecular formula is C16H20ClNO6S. The topological polar surface area (TPSA) is 90.0 Å². The summed E-state index contributed by atoms with van der Waals surface area (Å²) in [6.07, 6.45) is -0.632. The van der Waals surface area contributed by atoms with Crippen LogP contribution in [0.15, 0.2) is 24.3 Å². The molecule has 1 aromatic rings. The zero-order valence-corrected chi connectivity index (χ0v) is 15.5. The molecule has 0 saturated carbocycles. The fourth-order valence-electron chi connectivity index (χ4n) is 2.53. The summed E-state index contributed by atoms with van der Waals surface area (Å²) in [5, 5.41) is 0.475. The first-order valence-corrected chi connectivity index (χ1v) is 9.93. The third-order valence-electron chi connectivity index (χ3n) is 3.91. The fourth-order valence-corrected chi connectivity index (χ4v) is 4.48. The molecule has 0 N–H and O–H groups in total. The van der Waals surface area contributed by atoms with Gasteiger partial charge in [0.05, 0.1) is 11.5 Å². The Hall–Kier alpha value is -1.80. The number of carbonyl (C=O) groups is 2. The Morgan fingerprint density at radius 2 is 2.12 bits per heavy atom. The van der Waals surface area contributed by atoms with Gasteiger partial charge in [0.25, 0.3) is 5.91 Å². The van der Waals surface area contributed by atoms with Crippen LogP contribution in [-0.4, -0.2) is 62.5 Å². The Bertz CT molecular complexity index is 751. The summed E-state index contributed by atoms with van der Waals surface area (Å²) >= 11 is 5.81. The highest BCUT2D eigenvalue weighted by Gasteiger charge is 2.34. The second-order valence-electron chi connectivity index (χ2n) is 5.88. The Kier molecular flexibility index (Phi) is 6.29. The van der Waals surface area contributed by atoms with E-state index in [2.05, 4.69) is 0 Å². The molecule has 138 valence electrons. The Balaban J connectivity index is 1.82. The van der Waals surface area contributed by atoms with Crippen molar-refractivity contribution in [3.63, 3.8) is 0 Å². The van der Waals surface area contributed by atoms with Crippen molar-refractivity contribution in [1.82, 2.24) is 4.90 Å². The van der Waals surface area contributed by atoms with Gasteiger partial charge < -0.3 is 14.4 Å². The number of hydrogen-bond donors (Lipinski definition) is 0. The maximum Gasteiger partial charge on any atom is 0.344 e. The molecule has 2 rings (SSSR count). The molecule has 0 spiro atoms. The maximum atomic E-state index is 12.3. The minimum absolute atomic E-state index is 0.0617. The van der Waals surface area contributed by atoms with Crippen molar-refractivity contribution in [2.24, 2.45) is 0 Å². The number of halogens is 1. The van der Waals surface area contributed by atoms with E-state index in [1.54, 1.807) is 24.3 Å². The highest BCUT2D eigenvalue weighted by Crippen LogP contribution is 2.18. The Morgan fingerprint density at radius 3 is 2.72 bits per heavy atom. The quantitative estimate of drug-likeness (QED) is 0.681. The number of nitrogens with zero attached hydrogens (tertiary/aromatic N) is 1. The molecule has 7 nitrogen and oxygen atoms in total. The van der Waals surface area contributed by atoms with Crippen LogP contribution in [0.1, 0.15) is 13.3 Å². The molecule has 1 fully saturated rings. The molecule has 1 amide bonds. The maximum absolute atomic E-state index is 12.3. The molecule has 0 bridgehead atoms. The summed E-state index contributed by atoms with van der Waals surface area (Å²) in [5.74, 6) is -0.728. The van der Waals surface area contributed by atoms with Crippen molar-refractivity contribution < 1.29 is 27.5 Å². The highest BCUT2D eigenvalue weighted by molar-refractivity contribution is 7.91. The normalized spacial score (nSPS) is 19.9. The largest absolute Gasteiger partial charge is 0.482 e. The number of amides is 1. The van der Waals surface area contributed by atoms with Crippen LogP contribution in [0, 0.1) is 0 Å². The number of esters is 1. The monoisotopic (exact) mass is 389 g/mol. The third kappa shape index (κ3) is 5.61. The van der Waals surface area contributed by atoms with Crippen LogP contribution in [0.2, 0.25) is 5.02 Å². The predicted octanol–water partition coefficient (Wildman–Crippen LogP) is 1.30. The van der Waals surface area contributed by atoms with Crippen LogP contribution < -0.4 is 4.74 Å². The van der Waals surface area contributed by atoms with Crippen LogP contribution in [0.25, 0.3) is 0 Å². The van der Waals surface area contributed by atoms with E-state index in [1.807, 2.05) is 0 Å². The van der Waals surface area contributed by atoms with E-state index in [-0.39, 0.29) is 24.2 Å². The smallest absolute Gasteiger partial charge is 0.344 e. The molecule has 9 heteroatoms. The average molecular weight is 390 g/mol. The SMILES string of the molecule is C[C@@H](OC(=O)COc1cccc(Cl)c1)C(=O)N(C)[C@@H]1CCS(=O)(=O)C1. The molecule has 2 atom stereocenters. The van der Waals surface area contributed by atoms with Gasteiger partial charge in [-0.1, -0.05) is 17.7 Å². The van der Waals surface area contributed by atoms with E-state index in [9.17, 15) is 18.0 Å². The van der Waals surface area contributed by atoms with Crippen LogP contribution in [0.4, 0.5) is 0 Å². The van der Waals surface area contributed by atoms with Gasteiger partial charge in [-0.15, -0.1) is 0 Å². The third-order valence-corrected chi connectivity index (χ3v) is 5.90. The lowest BCUT2D eigenvalue weighted by molar-refractivity contribution is -0.160. The molecule has 1 saturated heterocycles. The first-order valence-electron chi connectivity index (χ1n) is 7.73. The molecular weight excluding hydrogens is 370 g/mol. The summed E-state index contributed by atoms with van der Waals surface area (Å²) in [6, 6.07) is 6.16. The average Bonchev–Trinajstić information content (AvgIpc) is 2.91. The molecule has 0 aromatic heterocycles. The molecule has 25 heavy (non-hydrogen) atoms. The molecule has 1 aliphatic heterocycles. The summed E-state index contributed by atoms with van der Waals surface area (Å²) in [5.41, 5.74) is 0. The highest BCUT2D eigenvalue weighted by atomic mass is 35.5. The number of carbonyl (C=O) groups excluding carboxylic acids is 2. The summed E-state index contributed by atoms with van der Waals surface area (Å²) in [4.78, 5) is 25.4. The molecule has 1 aromatic carbocycles. The molecule has 0 radical (unpaired) electrons. The minimum Gasteiger partial charge on any atom is -0.482 e. The van der Waals surface area contributed by atoms with Crippen LogP contribution >= 0.6 is 11.6 Å². The standard InChI is InChI=1S/C16H20ClNO6S/c1-11(16(20)18(2)13-6-7-25(21,22)10-13)24-15(19)9-23-14-5-3-4-12(17)8-14/h3-5,8,11,13H,6-7,9-10H2,1-2H3/t11-,13-/m1/s1. The number of sulfone groups is 1. The van der Waals surface area contributed by atoms with E-state index in [4.69, 9.17) is 21.1 Å². The Labute approximate surface area is 151 Å². The van der Waals surface area contributed by atoms with E-state index in [0.29, 0.717) is 17.2 Å². The number of likely N-dealkylation sites (N-methyl/N-ethyl adjacent to an activating group) is 1. The molecule has 1 heterocycles. The van der Waals surface area contributed by atoms with Crippen LogP contribution in [-0.2, 0) is 24.2 Å². The lowest BCUT2D eigenvalue weighted by Crippen LogP contribution is -2.44. The van der Waals surface area contributed by atoms with Crippen molar-refractivity contribution in [2.45, 2.75) is 25.5 Å². The first-order chi connectivity index (χ1) is 11.7. The van der Waals surface area contributed by atoms with E-state index in [0.717, 1.165) is 0 Å². The van der Waals surface area contributed by atoms with Crippen LogP contribution in [0.3, 0.4) is 0 Å². The van der Waals surface area contributed by atoms with Crippen molar-refractivity contribution in [3.05, 3.63) is 29.3 Å². The number of ether oxygens (including phenoxy) is 2. The molecule has 0 aliphatic carbocycles. The Morgan fingerprint density at radius 1 is 1.40 bits per heavy atom. The predicted molar refractivity (Wildman–Crippen MR) is 92.3 cm³/mol. The number of hydrogen-bond acceptors (Lipinski definition) is 6. The van der Waals surface area contributed by atoms with Gasteiger partial charge in [-0.2, -0.15) is 0 Å². The molecule has 1 aliphatic rings. The summed E-state index contributed by atoms with van der Waals surface area (Å²) in [6.45, 7) is 1.08. The lowest BCUT2D eigenvalue weighted by atomic mass is 10.2. The molecule has 0 unspecified atom stereocenters.